The zero-order chi connectivity index (χ0) is 18.8. The molecule has 0 radical (unpaired) electrons. The summed E-state index contributed by atoms with van der Waals surface area (Å²) >= 11 is 0. The van der Waals surface area contributed by atoms with Gasteiger partial charge in [-0.25, -0.2) is 0 Å². The van der Waals surface area contributed by atoms with Gasteiger partial charge in [0.15, 0.2) is 11.5 Å². The highest BCUT2D eigenvalue weighted by atomic mass is 16.5. The highest BCUT2D eigenvalue weighted by Crippen LogP contribution is 2.32. The summed E-state index contributed by atoms with van der Waals surface area (Å²) in [5, 5.41) is 10.7. The van der Waals surface area contributed by atoms with E-state index in [0.717, 1.165) is 25.9 Å². The van der Waals surface area contributed by atoms with Gasteiger partial charge < -0.3 is 19.0 Å². The second-order valence-electron chi connectivity index (χ2n) is 6.61. The van der Waals surface area contributed by atoms with Crippen molar-refractivity contribution in [3.05, 3.63) is 58.4 Å². The van der Waals surface area contributed by atoms with Gasteiger partial charge in [0, 0.05) is 6.54 Å². The smallest absolute Gasteiger partial charge is 0.235 e. The molecule has 1 aliphatic heterocycles. The zero-order valence-corrected chi connectivity index (χ0v) is 15.1. The average molecular weight is 367 g/mol. The van der Waals surface area contributed by atoms with E-state index in [2.05, 4.69) is 4.90 Å². The molecule has 2 aromatic carbocycles. The molecule has 1 saturated heterocycles. The van der Waals surface area contributed by atoms with Gasteiger partial charge in [-0.15, -0.1) is 0 Å². The van der Waals surface area contributed by atoms with E-state index >= 15 is 0 Å². The summed E-state index contributed by atoms with van der Waals surface area (Å²) < 4.78 is 16.7. The van der Waals surface area contributed by atoms with E-state index < -0.39 is 0 Å². The number of methoxy groups -OCH3 is 1. The van der Waals surface area contributed by atoms with Gasteiger partial charge in [0.05, 0.1) is 18.1 Å². The number of likely N-dealkylation sites (tertiary alicyclic amines) is 1. The van der Waals surface area contributed by atoms with E-state index in [-0.39, 0.29) is 16.9 Å². The van der Waals surface area contributed by atoms with Crippen LogP contribution < -0.4 is 14.9 Å². The molecule has 0 saturated carbocycles. The third-order valence-electron chi connectivity index (χ3n) is 4.86. The van der Waals surface area contributed by atoms with Crippen LogP contribution in [0.1, 0.15) is 18.4 Å². The second kappa shape index (κ2) is 7.32. The Morgan fingerprint density at radius 3 is 2.56 bits per heavy atom. The molecule has 27 heavy (non-hydrogen) atoms. The molecule has 0 aliphatic carbocycles. The maximum Gasteiger partial charge on any atom is 0.235 e. The SMILES string of the molecule is COc1ccccc1Oc1coc2c(CN3CCCC3)c(O)ccc2c1=O. The number of ether oxygens (including phenoxy) is 2. The van der Waals surface area contributed by atoms with Crippen molar-refractivity contribution in [1.29, 1.82) is 0 Å². The molecule has 4 rings (SSSR count). The topological polar surface area (TPSA) is 72.1 Å². The minimum absolute atomic E-state index is 0.0739. The third kappa shape index (κ3) is 3.36. The molecule has 1 aromatic heterocycles. The highest BCUT2D eigenvalue weighted by Gasteiger charge is 2.20. The molecule has 6 heteroatoms. The van der Waals surface area contributed by atoms with Crippen LogP contribution in [-0.2, 0) is 6.54 Å². The minimum atomic E-state index is -0.287. The van der Waals surface area contributed by atoms with E-state index in [1.807, 2.05) is 6.07 Å². The molecular formula is C21H21NO5. The quantitative estimate of drug-likeness (QED) is 0.737. The van der Waals surface area contributed by atoms with Crippen LogP contribution in [0.5, 0.6) is 23.0 Å². The molecule has 0 unspecified atom stereocenters. The third-order valence-corrected chi connectivity index (χ3v) is 4.86. The lowest BCUT2D eigenvalue weighted by Crippen LogP contribution is -2.19. The molecular weight excluding hydrogens is 346 g/mol. The summed E-state index contributed by atoms with van der Waals surface area (Å²) in [4.78, 5) is 15.2. The number of hydrogen-bond donors (Lipinski definition) is 1. The minimum Gasteiger partial charge on any atom is -0.507 e. The van der Waals surface area contributed by atoms with Crippen molar-refractivity contribution < 1.29 is 19.0 Å². The summed E-state index contributed by atoms with van der Waals surface area (Å²) in [7, 11) is 1.54. The lowest BCUT2D eigenvalue weighted by molar-refractivity contribution is 0.323. The van der Waals surface area contributed by atoms with Crippen molar-refractivity contribution in [2.75, 3.05) is 20.2 Å². The maximum atomic E-state index is 12.9. The van der Waals surface area contributed by atoms with Crippen molar-refractivity contribution in [2.24, 2.45) is 0 Å². The molecule has 2 heterocycles. The van der Waals surface area contributed by atoms with Crippen molar-refractivity contribution in [1.82, 2.24) is 4.90 Å². The predicted octanol–water partition coefficient (Wildman–Crippen LogP) is 3.90. The van der Waals surface area contributed by atoms with Gasteiger partial charge in [-0.2, -0.15) is 0 Å². The van der Waals surface area contributed by atoms with Crippen LogP contribution in [0, 0.1) is 0 Å². The lowest BCUT2D eigenvalue weighted by atomic mass is 10.1. The molecule has 0 amide bonds. The molecule has 1 N–H and O–H groups in total. The Balaban J connectivity index is 1.74. The number of rotatable bonds is 5. The van der Waals surface area contributed by atoms with E-state index in [9.17, 15) is 9.90 Å². The van der Waals surface area contributed by atoms with Gasteiger partial charge in [-0.3, -0.25) is 9.69 Å². The van der Waals surface area contributed by atoms with Crippen molar-refractivity contribution in [3.63, 3.8) is 0 Å². The first-order valence-corrected chi connectivity index (χ1v) is 8.97. The summed E-state index contributed by atoms with van der Waals surface area (Å²) in [6, 6.07) is 10.2. The van der Waals surface area contributed by atoms with Crippen LogP contribution in [-0.4, -0.2) is 30.2 Å². The van der Waals surface area contributed by atoms with E-state index in [0.29, 0.717) is 34.6 Å². The number of para-hydroxylation sites is 2. The molecule has 0 bridgehead atoms. The Morgan fingerprint density at radius 1 is 1.07 bits per heavy atom. The van der Waals surface area contributed by atoms with Gasteiger partial charge in [-0.1, -0.05) is 12.1 Å². The number of benzene rings is 2. The maximum absolute atomic E-state index is 12.9. The van der Waals surface area contributed by atoms with Gasteiger partial charge >= 0.3 is 0 Å². The number of fused-ring (bicyclic) bond motifs is 1. The monoisotopic (exact) mass is 367 g/mol. The number of nitrogens with zero attached hydrogens (tertiary/aromatic N) is 1. The summed E-state index contributed by atoms with van der Waals surface area (Å²) in [5.74, 6) is 1.17. The van der Waals surface area contributed by atoms with E-state index in [4.69, 9.17) is 13.9 Å². The summed E-state index contributed by atoms with van der Waals surface area (Å²) in [5.41, 5.74) is 0.749. The molecule has 3 aromatic rings. The first-order chi connectivity index (χ1) is 13.2. The van der Waals surface area contributed by atoms with Crippen LogP contribution in [0.25, 0.3) is 11.0 Å². The van der Waals surface area contributed by atoms with Crippen LogP contribution >= 0.6 is 0 Å². The molecule has 1 fully saturated rings. The molecule has 0 atom stereocenters. The van der Waals surface area contributed by atoms with Gasteiger partial charge in [-0.05, 0) is 50.2 Å². The van der Waals surface area contributed by atoms with Crippen LogP contribution in [0.3, 0.4) is 0 Å². The van der Waals surface area contributed by atoms with Crippen LogP contribution in [0.2, 0.25) is 0 Å². The summed E-state index contributed by atoms with van der Waals surface area (Å²) in [6.07, 6.45) is 3.59. The molecule has 0 spiro atoms. The highest BCUT2D eigenvalue weighted by molar-refractivity contribution is 5.83. The summed E-state index contributed by atoms with van der Waals surface area (Å²) in [6.45, 7) is 2.52. The molecule has 1 aliphatic rings. The fraction of sp³-hybridized carbons (Fsp3) is 0.286. The zero-order valence-electron chi connectivity index (χ0n) is 15.1. The molecule has 6 nitrogen and oxygen atoms in total. The van der Waals surface area contributed by atoms with Crippen molar-refractivity contribution >= 4 is 11.0 Å². The Morgan fingerprint density at radius 2 is 1.81 bits per heavy atom. The Labute approximate surface area is 156 Å². The molecule has 140 valence electrons. The lowest BCUT2D eigenvalue weighted by Gasteiger charge is -2.16. The fourth-order valence-electron chi connectivity index (χ4n) is 3.44. The van der Waals surface area contributed by atoms with E-state index in [1.165, 1.54) is 12.3 Å². The van der Waals surface area contributed by atoms with Crippen molar-refractivity contribution in [3.8, 4) is 23.0 Å². The second-order valence-corrected chi connectivity index (χ2v) is 6.61. The number of aromatic hydroxyl groups is 1. The first-order valence-electron chi connectivity index (χ1n) is 8.97. The normalized spacial score (nSPS) is 14.6. The number of hydrogen-bond acceptors (Lipinski definition) is 6. The van der Waals surface area contributed by atoms with Crippen LogP contribution in [0.15, 0.2) is 51.9 Å². The average Bonchev–Trinajstić information content (AvgIpc) is 3.20. The Kier molecular flexibility index (Phi) is 4.73. The largest absolute Gasteiger partial charge is 0.507 e. The van der Waals surface area contributed by atoms with Gasteiger partial charge in [0.25, 0.3) is 0 Å². The van der Waals surface area contributed by atoms with Crippen molar-refractivity contribution in [2.45, 2.75) is 19.4 Å². The number of phenols is 1. The van der Waals surface area contributed by atoms with E-state index in [1.54, 1.807) is 31.4 Å². The van der Waals surface area contributed by atoms with Crippen LogP contribution in [0.4, 0.5) is 0 Å². The first kappa shape index (κ1) is 17.4. The predicted molar refractivity (Wildman–Crippen MR) is 102 cm³/mol. The Bertz CT molecular complexity index is 1020. The van der Waals surface area contributed by atoms with Gasteiger partial charge in [0.1, 0.15) is 17.6 Å². The van der Waals surface area contributed by atoms with Gasteiger partial charge in [0.2, 0.25) is 11.2 Å². The Hall–Kier alpha value is -2.99. The fourth-order valence-corrected chi connectivity index (χ4v) is 3.44. The number of phenolic OH excluding ortho intramolecular Hbond substituents is 1. The standard InChI is InChI=1S/C21H21NO5/c1-25-17-6-2-3-7-18(17)27-19-13-26-21-14(20(19)24)8-9-16(23)15(21)12-22-10-4-5-11-22/h2-3,6-9,13,23H,4-5,10-12H2,1H3.